The Labute approximate surface area is 119 Å². The molecule has 110 valence electrons. The van der Waals surface area contributed by atoms with Crippen LogP contribution in [-0.4, -0.2) is 65.8 Å². The maximum Gasteiger partial charge on any atom is 0.226 e. The zero-order valence-corrected chi connectivity index (χ0v) is 11.9. The number of nitrogens with one attached hydrogen (secondary N) is 1. The zero-order chi connectivity index (χ0) is 13.9. The highest BCUT2D eigenvalue weighted by Crippen LogP contribution is 2.27. The fraction of sp³-hybridized carbons (Fsp3) is 0.714. The summed E-state index contributed by atoms with van der Waals surface area (Å²) in [6.07, 6.45) is 3.65. The molecule has 2 saturated heterocycles. The standard InChI is InChI=1S/C14H22N4O2/c1-17-6-3-11(4-7-17)14(19)18-8-9-20-10-13(18)12-2-5-15-16-12/h2,5,11,13H,3-4,6-10H2,1H3,(H,15,16). The molecule has 0 aromatic carbocycles. The molecular formula is C14H22N4O2. The lowest BCUT2D eigenvalue weighted by Crippen LogP contribution is -2.48. The van der Waals surface area contributed by atoms with E-state index < -0.39 is 0 Å². The van der Waals surface area contributed by atoms with E-state index >= 15 is 0 Å². The number of H-pyrrole nitrogens is 1. The first kappa shape index (κ1) is 13.6. The van der Waals surface area contributed by atoms with Crippen LogP contribution in [0.1, 0.15) is 24.6 Å². The van der Waals surface area contributed by atoms with Gasteiger partial charge in [0, 0.05) is 18.7 Å². The first-order chi connectivity index (χ1) is 9.75. The lowest BCUT2D eigenvalue weighted by atomic mass is 9.94. The summed E-state index contributed by atoms with van der Waals surface area (Å²) in [6.45, 7) is 3.88. The number of morpholine rings is 1. The van der Waals surface area contributed by atoms with Crippen molar-refractivity contribution in [1.29, 1.82) is 0 Å². The normalized spacial score (nSPS) is 25.9. The number of nitrogens with zero attached hydrogens (tertiary/aromatic N) is 3. The van der Waals surface area contributed by atoms with Gasteiger partial charge in [0.05, 0.1) is 24.9 Å². The molecule has 2 fully saturated rings. The predicted octanol–water partition coefficient (Wildman–Crippen LogP) is 0.651. The van der Waals surface area contributed by atoms with Gasteiger partial charge in [-0.3, -0.25) is 9.89 Å². The highest BCUT2D eigenvalue weighted by molar-refractivity contribution is 5.79. The molecule has 1 amide bonds. The molecule has 0 spiro atoms. The number of amides is 1. The Morgan fingerprint density at radius 2 is 2.20 bits per heavy atom. The molecule has 2 aliphatic rings. The molecule has 6 heteroatoms. The number of carbonyl (C=O) groups excluding carboxylic acids is 1. The molecule has 1 atom stereocenters. The summed E-state index contributed by atoms with van der Waals surface area (Å²) in [5.74, 6) is 0.440. The molecule has 1 N–H and O–H groups in total. The highest BCUT2D eigenvalue weighted by atomic mass is 16.5. The second-order valence-corrected chi connectivity index (χ2v) is 5.71. The van der Waals surface area contributed by atoms with Crippen molar-refractivity contribution >= 4 is 5.91 Å². The lowest BCUT2D eigenvalue weighted by Gasteiger charge is -2.38. The van der Waals surface area contributed by atoms with E-state index in [0.29, 0.717) is 19.8 Å². The van der Waals surface area contributed by atoms with Gasteiger partial charge < -0.3 is 14.5 Å². The largest absolute Gasteiger partial charge is 0.377 e. The minimum atomic E-state index is -0.0154. The van der Waals surface area contributed by atoms with Crippen LogP contribution in [0, 0.1) is 5.92 Å². The Bertz CT molecular complexity index is 440. The van der Waals surface area contributed by atoms with E-state index in [-0.39, 0.29) is 17.9 Å². The smallest absolute Gasteiger partial charge is 0.226 e. The number of carbonyl (C=O) groups is 1. The Kier molecular flexibility index (Phi) is 4.03. The third kappa shape index (κ3) is 2.71. The van der Waals surface area contributed by atoms with E-state index in [1.165, 1.54) is 0 Å². The van der Waals surface area contributed by atoms with Crippen LogP contribution >= 0.6 is 0 Å². The van der Waals surface area contributed by atoms with Gasteiger partial charge in [-0.05, 0) is 39.0 Å². The number of likely N-dealkylation sites (tertiary alicyclic amines) is 1. The van der Waals surface area contributed by atoms with Crippen molar-refractivity contribution < 1.29 is 9.53 Å². The first-order valence-electron chi connectivity index (χ1n) is 7.32. The predicted molar refractivity (Wildman–Crippen MR) is 74.1 cm³/mol. The summed E-state index contributed by atoms with van der Waals surface area (Å²) in [5, 5.41) is 6.96. The number of rotatable bonds is 2. The second kappa shape index (κ2) is 5.93. The van der Waals surface area contributed by atoms with Crippen molar-refractivity contribution in [3.05, 3.63) is 18.0 Å². The summed E-state index contributed by atoms with van der Waals surface area (Å²) in [6, 6.07) is 1.91. The van der Waals surface area contributed by atoms with E-state index in [0.717, 1.165) is 31.6 Å². The Balaban J connectivity index is 1.71. The topological polar surface area (TPSA) is 61.5 Å². The molecule has 20 heavy (non-hydrogen) atoms. The van der Waals surface area contributed by atoms with Crippen LogP contribution in [0.4, 0.5) is 0 Å². The van der Waals surface area contributed by atoms with Crippen LogP contribution in [0.3, 0.4) is 0 Å². The van der Waals surface area contributed by atoms with Crippen molar-refractivity contribution in [1.82, 2.24) is 20.0 Å². The third-order valence-electron chi connectivity index (χ3n) is 4.36. The molecule has 1 aromatic heterocycles. The second-order valence-electron chi connectivity index (χ2n) is 5.71. The molecule has 3 rings (SSSR count). The molecule has 6 nitrogen and oxygen atoms in total. The first-order valence-corrected chi connectivity index (χ1v) is 7.32. The molecule has 3 heterocycles. The van der Waals surface area contributed by atoms with Crippen LogP contribution in [0.25, 0.3) is 0 Å². The summed E-state index contributed by atoms with van der Waals surface area (Å²) in [7, 11) is 2.11. The van der Waals surface area contributed by atoms with Gasteiger partial charge in [-0.2, -0.15) is 5.10 Å². The van der Waals surface area contributed by atoms with E-state index in [1.807, 2.05) is 11.0 Å². The highest BCUT2D eigenvalue weighted by Gasteiger charge is 2.34. The average molecular weight is 278 g/mol. The molecule has 1 unspecified atom stereocenters. The van der Waals surface area contributed by atoms with Gasteiger partial charge in [0.15, 0.2) is 0 Å². The number of piperidine rings is 1. The van der Waals surface area contributed by atoms with E-state index in [2.05, 4.69) is 22.1 Å². The van der Waals surface area contributed by atoms with Crippen LogP contribution in [-0.2, 0) is 9.53 Å². The number of hydrogen-bond acceptors (Lipinski definition) is 4. The van der Waals surface area contributed by atoms with Crippen LogP contribution in [0.15, 0.2) is 12.3 Å². The molecule has 1 aromatic rings. The van der Waals surface area contributed by atoms with Crippen molar-refractivity contribution in [3.63, 3.8) is 0 Å². The minimum absolute atomic E-state index is 0.0154. The van der Waals surface area contributed by atoms with Crippen LogP contribution in [0.2, 0.25) is 0 Å². The zero-order valence-electron chi connectivity index (χ0n) is 11.9. The molecule has 0 bridgehead atoms. The average Bonchev–Trinajstić information content (AvgIpc) is 3.01. The fourth-order valence-corrected chi connectivity index (χ4v) is 3.07. The minimum Gasteiger partial charge on any atom is -0.377 e. The summed E-state index contributed by atoms with van der Waals surface area (Å²) < 4.78 is 5.54. The molecular weight excluding hydrogens is 256 g/mol. The summed E-state index contributed by atoms with van der Waals surface area (Å²) in [5.41, 5.74) is 0.964. The SMILES string of the molecule is CN1CCC(C(=O)N2CCOCC2c2ccn[nH]2)CC1. The van der Waals surface area contributed by atoms with Gasteiger partial charge in [0.25, 0.3) is 0 Å². The fourth-order valence-electron chi connectivity index (χ4n) is 3.07. The van der Waals surface area contributed by atoms with Crippen molar-refractivity contribution in [2.24, 2.45) is 5.92 Å². The van der Waals surface area contributed by atoms with Crippen molar-refractivity contribution in [2.75, 3.05) is 39.9 Å². The summed E-state index contributed by atoms with van der Waals surface area (Å²) >= 11 is 0. The molecule has 2 aliphatic heterocycles. The van der Waals surface area contributed by atoms with Crippen molar-refractivity contribution in [2.45, 2.75) is 18.9 Å². The molecule has 0 saturated carbocycles. The Morgan fingerprint density at radius 1 is 1.40 bits per heavy atom. The molecule has 0 radical (unpaired) electrons. The Hall–Kier alpha value is -1.40. The Morgan fingerprint density at radius 3 is 2.90 bits per heavy atom. The molecule has 0 aliphatic carbocycles. The van der Waals surface area contributed by atoms with Crippen LogP contribution in [0.5, 0.6) is 0 Å². The van der Waals surface area contributed by atoms with E-state index in [1.54, 1.807) is 6.20 Å². The van der Waals surface area contributed by atoms with Crippen molar-refractivity contribution in [3.8, 4) is 0 Å². The van der Waals surface area contributed by atoms with Gasteiger partial charge in [-0.1, -0.05) is 0 Å². The third-order valence-corrected chi connectivity index (χ3v) is 4.36. The summed E-state index contributed by atoms with van der Waals surface area (Å²) in [4.78, 5) is 17.0. The van der Waals surface area contributed by atoms with Gasteiger partial charge in [-0.15, -0.1) is 0 Å². The van der Waals surface area contributed by atoms with Gasteiger partial charge in [0.2, 0.25) is 5.91 Å². The number of aromatic nitrogens is 2. The maximum atomic E-state index is 12.8. The maximum absolute atomic E-state index is 12.8. The van der Waals surface area contributed by atoms with E-state index in [9.17, 15) is 4.79 Å². The number of ether oxygens (including phenoxy) is 1. The van der Waals surface area contributed by atoms with Gasteiger partial charge >= 0.3 is 0 Å². The van der Waals surface area contributed by atoms with E-state index in [4.69, 9.17) is 4.74 Å². The van der Waals surface area contributed by atoms with Crippen LogP contribution < -0.4 is 0 Å². The monoisotopic (exact) mass is 278 g/mol. The number of aromatic amines is 1. The lowest BCUT2D eigenvalue weighted by molar-refractivity contribution is -0.146. The van der Waals surface area contributed by atoms with Gasteiger partial charge in [0.1, 0.15) is 0 Å². The number of hydrogen-bond donors (Lipinski definition) is 1. The van der Waals surface area contributed by atoms with Gasteiger partial charge in [-0.25, -0.2) is 0 Å². The quantitative estimate of drug-likeness (QED) is 0.863.